The summed E-state index contributed by atoms with van der Waals surface area (Å²) in [6.45, 7) is 1.82. The SMILES string of the molecule is Cc1ccc(S(=O)(=O)[O-])cc1.c1ccc(-n2c[n+](-c3ccccc3)cn2)cc1. The first-order valence-electron chi connectivity index (χ1n) is 8.53. The van der Waals surface area contributed by atoms with Gasteiger partial charge in [-0.1, -0.05) is 58.8 Å². The molecule has 0 spiro atoms. The summed E-state index contributed by atoms with van der Waals surface area (Å²) >= 11 is 0. The van der Waals surface area contributed by atoms with Crippen molar-refractivity contribution < 1.29 is 17.5 Å². The quantitative estimate of drug-likeness (QED) is 0.396. The third-order valence-corrected chi connectivity index (χ3v) is 4.77. The Bertz CT molecular complexity index is 1070. The molecule has 0 aliphatic carbocycles. The Morgan fingerprint density at radius 1 is 0.857 bits per heavy atom. The zero-order valence-corrected chi connectivity index (χ0v) is 16.0. The number of hydrogen-bond donors (Lipinski definition) is 0. The minimum absolute atomic E-state index is 0.178. The highest BCUT2D eigenvalue weighted by Gasteiger charge is 2.08. The van der Waals surface area contributed by atoms with E-state index in [-0.39, 0.29) is 4.90 Å². The third-order valence-electron chi connectivity index (χ3n) is 3.92. The van der Waals surface area contributed by atoms with E-state index in [1.54, 1.807) is 12.1 Å². The van der Waals surface area contributed by atoms with E-state index < -0.39 is 10.1 Å². The monoisotopic (exact) mass is 393 g/mol. The average Bonchev–Trinajstić information content (AvgIpc) is 3.20. The van der Waals surface area contributed by atoms with Gasteiger partial charge in [-0.15, -0.1) is 0 Å². The molecule has 0 atom stereocenters. The lowest BCUT2D eigenvalue weighted by molar-refractivity contribution is -0.596. The lowest BCUT2D eigenvalue weighted by Crippen LogP contribution is -2.27. The molecule has 0 unspecified atom stereocenters. The number of hydrogen-bond acceptors (Lipinski definition) is 4. The molecular formula is C21H19N3O3S. The maximum atomic E-state index is 10.4. The molecule has 3 aromatic carbocycles. The molecule has 0 N–H and O–H groups in total. The van der Waals surface area contributed by atoms with Crippen molar-refractivity contribution in [1.29, 1.82) is 0 Å². The summed E-state index contributed by atoms with van der Waals surface area (Å²) in [5.74, 6) is 0. The van der Waals surface area contributed by atoms with Crippen LogP contribution in [0.25, 0.3) is 11.4 Å². The highest BCUT2D eigenvalue weighted by molar-refractivity contribution is 7.85. The number of para-hydroxylation sites is 2. The molecular weight excluding hydrogens is 374 g/mol. The van der Waals surface area contributed by atoms with E-state index in [4.69, 9.17) is 0 Å². The van der Waals surface area contributed by atoms with E-state index in [1.165, 1.54) is 12.1 Å². The molecule has 7 heteroatoms. The van der Waals surface area contributed by atoms with Crippen molar-refractivity contribution in [3.05, 3.63) is 103 Å². The first kappa shape index (κ1) is 19.5. The Kier molecular flexibility index (Phi) is 5.98. The number of aryl methyl sites for hydroxylation is 1. The summed E-state index contributed by atoms with van der Waals surface area (Å²) in [4.78, 5) is -0.178. The van der Waals surface area contributed by atoms with Gasteiger partial charge in [0.25, 0.3) is 6.33 Å². The molecule has 1 heterocycles. The van der Waals surface area contributed by atoms with Gasteiger partial charge >= 0.3 is 0 Å². The van der Waals surface area contributed by atoms with Gasteiger partial charge in [0.05, 0.1) is 4.90 Å². The van der Waals surface area contributed by atoms with Crippen LogP contribution in [0.5, 0.6) is 0 Å². The third kappa shape index (κ3) is 5.12. The van der Waals surface area contributed by atoms with Crippen LogP contribution < -0.4 is 4.57 Å². The largest absolute Gasteiger partial charge is 0.744 e. The fourth-order valence-corrected chi connectivity index (χ4v) is 2.91. The Morgan fingerprint density at radius 2 is 1.43 bits per heavy atom. The van der Waals surface area contributed by atoms with Crippen molar-refractivity contribution in [2.75, 3.05) is 0 Å². The van der Waals surface area contributed by atoms with Crippen molar-refractivity contribution in [2.24, 2.45) is 0 Å². The van der Waals surface area contributed by atoms with Crippen LogP contribution in [0.4, 0.5) is 0 Å². The summed E-state index contributed by atoms with van der Waals surface area (Å²) < 4.78 is 35.0. The van der Waals surface area contributed by atoms with Gasteiger partial charge in [0.2, 0.25) is 6.33 Å². The van der Waals surface area contributed by atoms with Crippen molar-refractivity contribution >= 4 is 10.1 Å². The van der Waals surface area contributed by atoms with E-state index in [2.05, 4.69) is 17.2 Å². The van der Waals surface area contributed by atoms with Crippen molar-refractivity contribution in [2.45, 2.75) is 11.8 Å². The summed E-state index contributed by atoms with van der Waals surface area (Å²) in [6, 6.07) is 26.0. The standard InChI is InChI=1S/C14H12N3.C7H8O3S/c1-3-7-13(8-4-1)16-11-15-17(12-16)14-9-5-2-6-10-14;1-6-2-4-7(5-3-6)11(8,9)10/h1-12H;2-5H,1H3,(H,8,9,10)/q+1;/p-1. The molecule has 28 heavy (non-hydrogen) atoms. The fraction of sp³-hybridized carbons (Fsp3) is 0.0476. The predicted molar refractivity (Wildman–Crippen MR) is 104 cm³/mol. The van der Waals surface area contributed by atoms with Crippen LogP contribution in [0.1, 0.15) is 5.56 Å². The molecule has 6 nitrogen and oxygen atoms in total. The molecule has 0 aliphatic rings. The summed E-state index contributed by atoms with van der Waals surface area (Å²) in [6.07, 6.45) is 3.77. The van der Waals surface area contributed by atoms with E-state index in [0.29, 0.717) is 0 Å². The highest BCUT2D eigenvalue weighted by atomic mass is 32.2. The van der Waals surface area contributed by atoms with Crippen LogP contribution in [0, 0.1) is 6.92 Å². The Hall–Kier alpha value is -3.29. The Morgan fingerprint density at radius 3 is 2.00 bits per heavy atom. The molecule has 0 aliphatic heterocycles. The molecule has 0 radical (unpaired) electrons. The van der Waals surface area contributed by atoms with Crippen LogP contribution in [-0.2, 0) is 10.1 Å². The minimum Gasteiger partial charge on any atom is -0.744 e. The van der Waals surface area contributed by atoms with Gasteiger partial charge < -0.3 is 4.55 Å². The van der Waals surface area contributed by atoms with Crippen LogP contribution in [0.2, 0.25) is 0 Å². The molecule has 0 saturated heterocycles. The number of aromatic nitrogens is 3. The van der Waals surface area contributed by atoms with E-state index in [0.717, 1.165) is 16.9 Å². The smallest absolute Gasteiger partial charge is 0.270 e. The van der Waals surface area contributed by atoms with Gasteiger partial charge in [-0.05, 0) is 43.3 Å². The Labute approximate surface area is 164 Å². The van der Waals surface area contributed by atoms with Crippen LogP contribution >= 0.6 is 0 Å². The van der Waals surface area contributed by atoms with Crippen LogP contribution in [-0.4, -0.2) is 22.8 Å². The molecule has 0 amide bonds. The average molecular weight is 393 g/mol. The zero-order valence-electron chi connectivity index (χ0n) is 15.2. The van der Waals surface area contributed by atoms with E-state index in [1.807, 2.05) is 77.4 Å². The van der Waals surface area contributed by atoms with Gasteiger partial charge in [0.1, 0.15) is 21.5 Å². The molecule has 0 fully saturated rings. The summed E-state index contributed by atoms with van der Waals surface area (Å²) in [5.41, 5.74) is 3.09. The molecule has 1 aromatic heterocycles. The predicted octanol–water partition coefficient (Wildman–Crippen LogP) is 3.05. The molecule has 0 bridgehead atoms. The van der Waals surface area contributed by atoms with Crippen LogP contribution in [0.15, 0.2) is 102 Å². The van der Waals surface area contributed by atoms with Crippen molar-refractivity contribution in [1.82, 2.24) is 9.78 Å². The normalized spacial score (nSPS) is 10.8. The van der Waals surface area contributed by atoms with Gasteiger partial charge in [0.15, 0.2) is 0 Å². The van der Waals surface area contributed by atoms with Gasteiger partial charge in [-0.3, -0.25) is 0 Å². The van der Waals surface area contributed by atoms with Crippen LogP contribution in [0.3, 0.4) is 0 Å². The van der Waals surface area contributed by atoms with Crippen molar-refractivity contribution in [3.8, 4) is 11.4 Å². The minimum atomic E-state index is -4.27. The second-order valence-electron chi connectivity index (χ2n) is 6.04. The number of nitrogens with zero attached hydrogens (tertiary/aromatic N) is 3. The lowest BCUT2D eigenvalue weighted by atomic mass is 10.2. The van der Waals surface area contributed by atoms with E-state index in [9.17, 15) is 13.0 Å². The number of rotatable bonds is 3. The van der Waals surface area contributed by atoms with Gasteiger partial charge in [-0.25, -0.2) is 13.0 Å². The maximum Gasteiger partial charge on any atom is 0.270 e. The van der Waals surface area contributed by atoms with Crippen molar-refractivity contribution in [3.63, 3.8) is 0 Å². The summed E-state index contributed by atoms with van der Waals surface area (Å²) in [7, 11) is -4.27. The Balaban J connectivity index is 0.000000178. The first-order valence-corrected chi connectivity index (χ1v) is 9.94. The summed E-state index contributed by atoms with van der Waals surface area (Å²) in [5, 5.41) is 4.34. The fourth-order valence-electron chi connectivity index (χ4n) is 2.44. The molecule has 4 rings (SSSR count). The lowest BCUT2D eigenvalue weighted by Gasteiger charge is -2.05. The topological polar surface area (TPSA) is 78.9 Å². The van der Waals surface area contributed by atoms with E-state index >= 15 is 0 Å². The maximum absolute atomic E-state index is 10.4. The van der Waals surface area contributed by atoms with Gasteiger partial charge in [-0.2, -0.15) is 0 Å². The zero-order chi connectivity index (χ0) is 20.0. The number of benzene rings is 3. The highest BCUT2D eigenvalue weighted by Crippen LogP contribution is 2.08. The molecule has 142 valence electrons. The molecule has 0 saturated carbocycles. The first-order chi connectivity index (χ1) is 13.4. The second kappa shape index (κ2) is 8.60. The van der Waals surface area contributed by atoms with Gasteiger partial charge in [0, 0.05) is 5.10 Å². The molecule has 4 aromatic rings. The second-order valence-corrected chi connectivity index (χ2v) is 7.42.